The lowest BCUT2D eigenvalue weighted by Crippen LogP contribution is -2.37. The van der Waals surface area contributed by atoms with Crippen LogP contribution >= 0.6 is 15.9 Å². The van der Waals surface area contributed by atoms with Crippen molar-refractivity contribution in [2.75, 3.05) is 20.6 Å². The Labute approximate surface area is 99.7 Å². The van der Waals surface area contributed by atoms with E-state index in [4.69, 9.17) is 5.73 Å². The fourth-order valence-corrected chi connectivity index (χ4v) is 1.80. The van der Waals surface area contributed by atoms with E-state index in [2.05, 4.69) is 46.5 Å². The zero-order valence-electron chi connectivity index (χ0n) is 9.42. The van der Waals surface area contributed by atoms with Crippen molar-refractivity contribution in [1.82, 2.24) is 10.4 Å². The minimum Gasteiger partial charge on any atom is -0.329 e. The van der Waals surface area contributed by atoms with Crippen molar-refractivity contribution in [3.05, 3.63) is 33.8 Å². The lowest BCUT2D eigenvalue weighted by molar-refractivity contribution is 0.245. The van der Waals surface area contributed by atoms with E-state index < -0.39 is 0 Å². The van der Waals surface area contributed by atoms with Gasteiger partial charge in [-0.3, -0.25) is 0 Å². The van der Waals surface area contributed by atoms with Gasteiger partial charge < -0.3 is 5.73 Å². The van der Waals surface area contributed by atoms with Crippen molar-refractivity contribution in [2.45, 2.75) is 13.0 Å². The van der Waals surface area contributed by atoms with Crippen LogP contribution < -0.4 is 11.2 Å². The summed E-state index contributed by atoms with van der Waals surface area (Å²) in [7, 11) is 3.93. The Hall–Kier alpha value is -0.420. The van der Waals surface area contributed by atoms with Crippen LogP contribution in [-0.4, -0.2) is 25.6 Å². The highest BCUT2D eigenvalue weighted by molar-refractivity contribution is 9.10. The van der Waals surface area contributed by atoms with Gasteiger partial charge in [-0.15, -0.1) is 0 Å². The third-order valence-electron chi connectivity index (χ3n) is 2.25. The monoisotopic (exact) mass is 271 g/mol. The molecule has 0 saturated carbocycles. The molecule has 0 aromatic heterocycles. The molecule has 1 unspecified atom stereocenters. The summed E-state index contributed by atoms with van der Waals surface area (Å²) >= 11 is 3.53. The molecule has 0 aliphatic rings. The highest BCUT2D eigenvalue weighted by atomic mass is 79.9. The number of nitrogens with zero attached hydrogens (tertiary/aromatic N) is 1. The van der Waals surface area contributed by atoms with Gasteiger partial charge in [-0.1, -0.05) is 28.1 Å². The molecular weight excluding hydrogens is 254 g/mol. The van der Waals surface area contributed by atoms with Crippen LogP contribution in [0, 0.1) is 6.92 Å². The number of nitrogens with one attached hydrogen (secondary N) is 1. The van der Waals surface area contributed by atoms with Crippen LogP contribution in [0.4, 0.5) is 0 Å². The van der Waals surface area contributed by atoms with Crippen LogP contribution in [0.2, 0.25) is 0 Å². The standard InChI is InChI=1S/C11H18BrN3/c1-8-4-5-9(6-10(8)12)11(7-13)14-15(2)3/h4-6,11,14H,7,13H2,1-3H3. The third-order valence-corrected chi connectivity index (χ3v) is 3.10. The van der Waals surface area contributed by atoms with E-state index >= 15 is 0 Å². The predicted octanol–water partition coefficient (Wildman–Crippen LogP) is 1.82. The Morgan fingerprint density at radius 1 is 1.47 bits per heavy atom. The third kappa shape index (κ3) is 3.57. The van der Waals surface area contributed by atoms with Crippen LogP contribution in [0.25, 0.3) is 0 Å². The molecule has 3 nitrogen and oxygen atoms in total. The lowest BCUT2D eigenvalue weighted by Gasteiger charge is -2.22. The maximum Gasteiger partial charge on any atom is 0.0587 e. The molecule has 1 rings (SSSR count). The van der Waals surface area contributed by atoms with Crippen LogP contribution in [0.5, 0.6) is 0 Å². The second-order valence-corrected chi connectivity index (χ2v) is 4.67. The van der Waals surface area contributed by atoms with Crippen LogP contribution in [0.1, 0.15) is 17.2 Å². The number of hydrogen-bond donors (Lipinski definition) is 2. The average Bonchev–Trinajstić information content (AvgIpc) is 2.18. The van der Waals surface area contributed by atoms with Crippen LogP contribution in [0.15, 0.2) is 22.7 Å². The molecule has 0 heterocycles. The van der Waals surface area contributed by atoms with E-state index in [0.717, 1.165) is 4.47 Å². The van der Waals surface area contributed by atoms with Gasteiger partial charge in [-0.25, -0.2) is 10.4 Å². The number of halogens is 1. The summed E-state index contributed by atoms with van der Waals surface area (Å²) in [4.78, 5) is 0. The first-order valence-electron chi connectivity index (χ1n) is 4.94. The highest BCUT2D eigenvalue weighted by Crippen LogP contribution is 2.21. The molecular formula is C11H18BrN3. The number of nitrogens with two attached hydrogens (primary N) is 1. The second kappa shape index (κ2) is 5.61. The van der Waals surface area contributed by atoms with Crippen molar-refractivity contribution in [3.63, 3.8) is 0 Å². The first-order valence-corrected chi connectivity index (χ1v) is 5.73. The van der Waals surface area contributed by atoms with Crippen LogP contribution in [0.3, 0.4) is 0 Å². The average molecular weight is 272 g/mol. The quantitative estimate of drug-likeness (QED) is 0.821. The molecule has 0 aliphatic heterocycles. The topological polar surface area (TPSA) is 41.3 Å². The van der Waals surface area contributed by atoms with E-state index in [1.54, 1.807) is 0 Å². The highest BCUT2D eigenvalue weighted by Gasteiger charge is 2.10. The first kappa shape index (κ1) is 12.6. The van der Waals surface area contributed by atoms with E-state index in [1.807, 2.05) is 19.1 Å². The molecule has 1 atom stereocenters. The molecule has 0 saturated heterocycles. The number of benzene rings is 1. The molecule has 0 radical (unpaired) electrons. The molecule has 4 heteroatoms. The molecule has 0 fully saturated rings. The summed E-state index contributed by atoms with van der Waals surface area (Å²) in [6.07, 6.45) is 0. The molecule has 1 aromatic rings. The van der Waals surface area contributed by atoms with Gasteiger partial charge in [-0.2, -0.15) is 0 Å². The SMILES string of the molecule is Cc1ccc(C(CN)NN(C)C)cc1Br. The van der Waals surface area contributed by atoms with E-state index in [1.165, 1.54) is 11.1 Å². The van der Waals surface area contributed by atoms with Gasteiger partial charge in [0.05, 0.1) is 6.04 Å². The largest absolute Gasteiger partial charge is 0.329 e. The summed E-state index contributed by atoms with van der Waals surface area (Å²) in [5, 5.41) is 1.92. The van der Waals surface area contributed by atoms with Gasteiger partial charge in [0.2, 0.25) is 0 Å². The molecule has 1 aromatic carbocycles. The minimum absolute atomic E-state index is 0.164. The maximum atomic E-state index is 5.74. The minimum atomic E-state index is 0.164. The smallest absolute Gasteiger partial charge is 0.0587 e. The lowest BCUT2D eigenvalue weighted by atomic mass is 10.1. The zero-order valence-corrected chi connectivity index (χ0v) is 11.0. The van der Waals surface area contributed by atoms with Crippen molar-refractivity contribution in [1.29, 1.82) is 0 Å². The fraction of sp³-hybridized carbons (Fsp3) is 0.455. The number of hydrazine groups is 1. The summed E-state index contributed by atoms with van der Waals surface area (Å²) in [5.41, 5.74) is 11.5. The fourth-order valence-electron chi connectivity index (χ4n) is 1.40. The molecule has 15 heavy (non-hydrogen) atoms. The Morgan fingerprint density at radius 2 is 2.13 bits per heavy atom. The Balaban J connectivity index is 2.87. The molecule has 84 valence electrons. The van der Waals surface area contributed by atoms with E-state index in [9.17, 15) is 0 Å². The van der Waals surface area contributed by atoms with Gasteiger partial charge in [-0.05, 0) is 24.1 Å². The first-order chi connectivity index (χ1) is 7.04. The second-order valence-electron chi connectivity index (χ2n) is 3.82. The summed E-state index contributed by atoms with van der Waals surface area (Å²) in [5.74, 6) is 0. The summed E-state index contributed by atoms with van der Waals surface area (Å²) < 4.78 is 1.12. The number of hydrogen-bond acceptors (Lipinski definition) is 3. The molecule has 0 spiro atoms. The molecule has 0 amide bonds. The Morgan fingerprint density at radius 3 is 2.60 bits per heavy atom. The summed E-state index contributed by atoms with van der Waals surface area (Å²) in [6, 6.07) is 6.48. The summed E-state index contributed by atoms with van der Waals surface area (Å²) in [6.45, 7) is 2.65. The Bertz CT molecular complexity index is 326. The van der Waals surface area contributed by atoms with Gasteiger partial charge in [0.1, 0.15) is 0 Å². The van der Waals surface area contributed by atoms with Crippen molar-refractivity contribution in [2.24, 2.45) is 5.73 Å². The van der Waals surface area contributed by atoms with Gasteiger partial charge in [0, 0.05) is 25.1 Å². The van der Waals surface area contributed by atoms with Crippen molar-refractivity contribution in [3.8, 4) is 0 Å². The van der Waals surface area contributed by atoms with Crippen molar-refractivity contribution >= 4 is 15.9 Å². The number of rotatable bonds is 4. The zero-order chi connectivity index (χ0) is 11.4. The molecule has 3 N–H and O–H groups in total. The van der Waals surface area contributed by atoms with Gasteiger partial charge >= 0.3 is 0 Å². The molecule has 0 aliphatic carbocycles. The van der Waals surface area contributed by atoms with E-state index in [-0.39, 0.29) is 6.04 Å². The molecule has 0 bridgehead atoms. The predicted molar refractivity (Wildman–Crippen MR) is 67.5 cm³/mol. The van der Waals surface area contributed by atoms with Gasteiger partial charge in [0.15, 0.2) is 0 Å². The normalized spacial score (nSPS) is 13.2. The Kier molecular flexibility index (Phi) is 4.73. The number of aryl methyl sites for hydroxylation is 1. The van der Waals surface area contributed by atoms with Crippen molar-refractivity contribution < 1.29 is 0 Å². The maximum absolute atomic E-state index is 5.74. The van der Waals surface area contributed by atoms with E-state index in [0.29, 0.717) is 6.54 Å². The van der Waals surface area contributed by atoms with Crippen LogP contribution in [-0.2, 0) is 0 Å². The van der Waals surface area contributed by atoms with Gasteiger partial charge in [0.25, 0.3) is 0 Å².